The van der Waals surface area contributed by atoms with Gasteiger partial charge in [0.2, 0.25) is 0 Å². The molecule has 0 aliphatic heterocycles. The van der Waals surface area contributed by atoms with Gasteiger partial charge in [0.05, 0.1) is 16.1 Å². The Morgan fingerprint density at radius 2 is 1.65 bits per heavy atom. The maximum atomic E-state index is 13.6. The van der Waals surface area contributed by atoms with Crippen molar-refractivity contribution in [2.75, 3.05) is 4.90 Å². The molecule has 1 N–H and O–H groups in total. The molecule has 0 bridgehead atoms. The summed E-state index contributed by atoms with van der Waals surface area (Å²) in [6.45, 7) is 7.95. The highest BCUT2D eigenvalue weighted by molar-refractivity contribution is 7.15. The fourth-order valence-electron chi connectivity index (χ4n) is 3.94. The van der Waals surface area contributed by atoms with Crippen molar-refractivity contribution in [3.8, 4) is 11.8 Å². The van der Waals surface area contributed by atoms with Gasteiger partial charge in [-0.25, -0.2) is 4.79 Å². The second-order valence-electron chi connectivity index (χ2n) is 9.79. The Labute approximate surface area is 201 Å². The topological polar surface area (TPSA) is 57.6 Å². The second kappa shape index (κ2) is 9.83. The van der Waals surface area contributed by atoms with Crippen LogP contribution in [-0.4, -0.2) is 23.0 Å². The normalized spacial score (nSPS) is 18.7. The third kappa shape index (κ3) is 6.20. The smallest absolute Gasteiger partial charge is 0.416 e. The van der Waals surface area contributed by atoms with Gasteiger partial charge in [0.15, 0.2) is 0 Å². The number of rotatable bonds is 4. The average Bonchev–Trinajstić information content (AvgIpc) is 3.17. The maximum absolute atomic E-state index is 13.6. The van der Waals surface area contributed by atoms with E-state index < -0.39 is 23.6 Å². The lowest BCUT2D eigenvalue weighted by molar-refractivity contribution is -0.137. The molecule has 2 aromatic rings. The number of thiophene rings is 1. The lowest BCUT2D eigenvalue weighted by atomic mass is 9.86. The van der Waals surface area contributed by atoms with Gasteiger partial charge in [0.1, 0.15) is 4.88 Å². The number of carbonyl (C=O) groups excluding carboxylic acids is 1. The molecular weight excluding hydrogens is 463 g/mol. The summed E-state index contributed by atoms with van der Waals surface area (Å²) in [5, 5.41) is 9.87. The molecule has 1 aromatic heterocycles. The van der Waals surface area contributed by atoms with Crippen LogP contribution < -0.4 is 4.90 Å². The van der Waals surface area contributed by atoms with E-state index in [-0.39, 0.29) is 27.6 Å². The highest BCUT2D eigenvalue weighted by Gasteiger charge is 2.34. The van der Waals surface area contributed by atoms with Crippen LogP contribution >= 0.6 is 11.3 Å². The Bertz CT molecular complexity index is 1110. The number of halogens is 3. The van der Waals surface area contributed by atoms with Gasteiger partial charge in [-0.1, -0.05) is 18.8 Å². The van der Waals surface area contributed by atoms with E-state index in [4.69, 9.17) is 0 Å². The first-order valence-electron chi connectivity index (χ1n) is 11.2. The molecule has 1 saturated carbocycles. The van der Waals surface area contributed by atoms with Crippen LogP contribution in [0.4, 0.5) is 18.9 Å². The zero-order valence-electron chi connectivity index (χ0n) is 19.6. The van der Waals surface area contributed by atoms with Crippen molar-refractivity contribution in [3.63, 3.8) is 0 Å². The van der Waals surface area contributed by atoms with E-state index in [0.717, 1.165) is 48.4 Å². The van der Waals surface area contributed by atoms with E-state index in [2.05, 4.69) is 18.8 Å². The molecule has 0 atom stereocenters. The molecule has 3 rings (SSSR count). The molecule has 0 saturated heterocycles. The van der Waals surface area contributed by atoms with Gasteiger partial charge in [0.25, 0.3) is 5.91 Å². The summed E-state index contributed by atoms with van der Waals surface area (Å²) in [7, 11) is 0. The standard InChI is InChI=1S/C26H28F3NO3S/c1-16-5-11-19(12-6-16)30(23(31)17-7-9-18(10-8-17)26(27,28)29)21-15-20(13-14-25(2,3)4)34-22(21)24(32)33/h7-10,15-16,19H,5-6,11-12H2,1-4H3,(H,32,33). The van der Waals surface area contributed by atoms with Crippen LogP contribution in [0.3, 0.4) is 0 Å². The Balaban J connectivity index is 2.08. The molecule has 182 valence electrons. The third-order valence-corrected chi connectivity index (χ3v) is 6.78. The molecule has 4 nitrogen and oxygen atoms in total. The van der Waals surface area contributed by atoms with Crippen LogP contribution in [0.5, 0.6) is 0 Å². The number of hydrogen-bond donors (Lipinski definition) is 1. The first kappa shape index (κ1) is 25.8. The number of amides is 1. The first-order valence-corrected chi connectivity index (χ1v) is 12.0. The van der Waals surface area contributed by atoms with Crippen molar-refractivity contribution in [1.29, 1.82) is 0 Å². The quantitative estimate of drug-likeness (QED) is 0.465. The number of alkyl halides is 3. The molecule has 0 unspecified atom stereocenters. The van der Waals surface area contributed by atoms with Crippen molar-refractivity contribution >= 4 is 28.9 Å². The highest BCUT2D eigenvalue weighted by Crippen LogP contribution is 2.37. The minimum absolute atomic E-state index is 0.00269. The molecule has 1 aliphatic carbocycles. The van der Waals surface area contributed by atoms with Crippen molar-refractivity contribution < 1.29 is 27.9 Å². The summed E-state index contributed by atoms with van der Waals surface area (Å²) < 4.78 is 39.0. The average molecular weight is 492 g/mol. The molecule has 34 heavy (non-hydrogen) atoms. The predicted octanol–water partition coefficient (Wildman–Crippen LogP) is 7.09. The second-order valence-corrected chi connectivity index (χ2v) is 10.8. The van der Waals surface area contributed by atoms with E-state index in [9.17, 15) is 27.9 Å². The van der Waals surface area contributed by atoms with Gasteiger partial charge >= 0.3 is 12.1 Å². The third-order valence-electron chi connectivity index (χ3n) is 5.76. The van der Waals surface area contributed by atoms with Gasteiger partial charge in [0, 0.05) is 17.0 Å². The maximum Gasteiger partial charge on any atom is 0.416 e. The molecule has 1 aromatic carbocycles. The fraction of sp³-hybridized carbons (Fsp3) is 0.462. The van der Waals surface area contributed by atoms with Crippen molar-refractivity contribution in [1.82, 2.24) is 0 Å². The van der Waals surface area contributed by atoms with Crippen LogP contribution in [0.2, 0.25) is 0 Å². The molecule has 0 radical (unpaired) electrons. The van der Waals surface area contributed by atoms with Crippen LogP contribution in [0.25, 0.3) is 0 Å². The zero-order valence-corrected chi connectivity index (χ0v) is 20.4. The van der Waals surface area contributed by atoms with Gasteiger partial charge < -0.3 is 10.0 Å². The molecule has 1 aliphatic rings. The van der Waals surface area contributed by atoms with Crippen molar-refractivity contribution in [2.45, 2.75) is 65.6 Å². The summed E-state index contributed by atoms with van der Waals surface area (Å²) in [4.78, 5) is 27.7. The fourth-order valence-corrected chi connectivity index (χ4v) is 4.78. The van der Waals surface area contributed by atoms with Crippen molar-refractivity contribution in [3.05, 3.63) is 51.2 Å². The largest absolute Gasteiger partial charge is 0.477 e. The molecule has 8 heteroatoms. The molecule has 0 spiro atoms. The Hall–Kier alpha value is -2.79. The summed E-state index contributed by atoms with van der Waals surface area (Å²) in [6.07, 6.45) is -1.38. The molecule has 1 amide bonds. The van der Waals surface area contributed by atoms with Crippen molar-refractivity contribution in [2.24, 2.45) is 11.3 Å². The SMILES string of the molecule is CC1CCC(N(C(=O)c2ccc(C(F)(F)F)cc2)c2cc(C#CC(C)(C)C)sc2C(=O)O)CC1. The Morgan fingerprint density at radius 3 is 2.15 bits per heavy atom. The number of nitrogens with zero attached hydrogens (tertiary/aromatic N) is 1. The van der Waals surface area contributed by atoms with Gasteiger partial charge in [-0.05, 0) is 82.7 Å². The number of aromatic carboxylic acids is 1. The van der Waals surface area contributed by atoms with Crippen LogP contribution in [-0.2, 0) is 6.18 Å². The van der Waals surface area contributed by atoms with E-state index in [1.165, 1.54) is 4.90 Å². The summed E-state index contributed by atoms with van der Waals surface area (Å²) in [6, 6.07) is 5.42. The lowest BCUT2D eigenvalue weighted by Gasteiger charge is -2.36. The molecule has 1 heterocycles. The highest BCUT2D eigenvalue weighted by atomic mass is 32.1. The summed E-state index contributed by atoms with van der Waals surface area (Å²) in [5.74, 6) is 4.91. The number of carboxylic acid groups (broad SMARTS) is 1. The van der Waals surface area contributed by atoms with E-state index in [1.54, 1.807) is 6.07 Å². The van der Waals surface area contributed by atoms with Gasteiger partial charge in [-0.3, -0.25) is 4.79 Å². The van der Waals surface area contributed by atoms with Gasteiger partial charge in [-0.2, -0.15) is 13.2 Å². The number of carboxylic acids is 1. The number of carbonyl (C=O) groups is 2. The Morgan fingerprint density at radius 1 is 1.06 bits per heavy atom. The van der Waals surface area contributed by atoms with Gasteiger partial charge in [-0.15, -0.1) is 11.3 Å². The van der Waals surface area contributed by atoms with E-state index >= 15 is 0 Å². The predicted molar refractivity (Wildman–Crippen MR) is 127 cm³/mol. The molecular formula is C26H28F3NO3S. The minimum Gasteiger partial charge on any atom is -0.477 e. The number of benzene rings is 1. The summed E-state index contributed by atoms with van der Waals surface area (Å²) in [5.41, 5.74) is -0.803. The van der Waals surface area contributed by atoms with E-state index in [1.807, 2.05) is 20.8 Å². The molecule has 1 fully saturated rings. The van der Waals surface area contributed by atoms with Crippen LogP contribution in [0, 0.1) is 23.2 Å². The summed E-state index contributed by atoms with van der Waals surface area (Å²) >= 11 is 1.00. The lowest BCUT2D eigenvalue weighted by Crippen LogP contribution is -2.43. The van der Waals surface area contributed by atoms with Crippen LogP contribution in [0.1, 0.15) is 83.8 Å². The van der Waals surface area contributed by atoms with E-state index in [0.29, 0.717) is 23.6 Å². The number of hydrogen-bond acceptors (Lipinski definition) is 3. The first-order chi connectivity index (χ1) is 15.8. The zero-order chi connectivity index (χ0) is 25.3. The van der Waals surface area contributed by atoms with Crippen LogP contribution in [0.15, 0.2) is 30.3 Å². The minimum atomic E-state index is -4.51. The Kier molecular flexibility index (Phi) is 7.47. The number of anilines is 1. The monoisotopic (exact) mass is 491 g/mol.